The van der Waals surface area contributed by atoms with Crippen LogP contribution in [0.5, 0.6) is 0 Å². The predicted molar refractivity (Wildman–Crippen MR) is 105 cm³/mol. The molecule has 1 aliphatic rings. The predicted octanol–water partition coefficient (Wildman–Crippen LogP) is 2.51. The number of rotatable bonds is 3. The molecule has 1 aromatic carbocycles. The summed E-state index contributed by atoms with van der Waals surface area (Å²) in [5.74, 6) is -1.94. The molecule has 7 nitrogen and oxygen atoms in total. The van der Waals surface area contributed by atoms with Crippen LogP contribution in [0.3, 0.4) is 0 Å². The number of nitrogens with zero attached hydrogens (tertiary/aromatic N) is 2. The average molecular weight is 380 g/mol. The maximum absolute atomic E-state index is 13.1. The van der Waals surface area contributed by atoms with Crippen LogP contribution in [0.15, 0.2) is 48.7 Å². The van der Waals surface area contributed by atoms with E-state index in [1.807, 2.05) is 37.3 Å². The fourth-order valence-corrected chi connectivity index (χ4v) is 3.67. The van der Waals surface area contributed by atoms with Crippen LogP contribution in [0, 0.1) is 5.92 Å². The fourth-order valence-electron chi connectivity index (χ4n) is 3.67. The van der Waals surface area contributed by atoms with E-state index < -0.39 is 17.7 Å². The number of carbonyl (C=O) groups is 3. The molecule has 0 saturated carbocycles. The summed E-state index contributed by atoms with van der Waals surface area (Å²) in [6, 6.07) is 12.4. The third-order valence-electron chi connectivity index (χ3n) is 5.41. The van der Waals surface area contributed by atoms with Gasteiger partial charge >= 0.3 is 11.8 Å². The van der Waals surface area contributed by atoms with Gasteiger partial charge in [-0.25, -0.2) is 4.98 Å². The molecule has 1 aliphatic heterocycles. The van der Waals surface area contributed by atoms with E-state index in [1.54, 1.807) is 4.90 Å². The van der Waals surface area contributed by atoms with E-state index in [9.17, 15) is 14.4 Å². The van der Waals surface area contributed by atoms with Gasteiger partial charge in [-0.2, -0.15) is 0 Å². The van der Waals surface area contributed by atoms with E-state index in [-0.39, 0.29) is 29.4 Å². The van der Waals surface area contributed by atoms with Crippen LogP contribution >= 0.6 is 0 Å². The van der Waals surface area contributed by atoms with Crippen molar-refractivity contribution in [3.8, 4) is 0 Å². The van der Waals surface area contributed by atoms with Gasteiger partial charge in [-0.1, -0.05) is 37.3 Å². The second-order valence-electron chi connectivity index (χ2n) is 7.15. The van der Waals surface area contributed by atoms with Gasteiger partial charge in [0.05, 0.1) is 11.6 Å². The molecule has 1 saturated heterocycles. The highest BCUT2D eigenvalue weighted by Gasteiger charge is 2.39. The Morgan fingerprint density at radius 2 is 1.79 bits per heavy atom. The summed E-state index contributed by atoms with van der Waals surface area (Å²) >= 11 is 0. The normalized spacial score (nSPS) is 21.8. The second-order valence-corrected chi connectivity index (χ2v) is 7.15. The Bertz CT molecular complexity index is 884. The zero-order valence-electron chi connectivity index (χ0n) is 16.0. The van der Waals surface area contributed by atoms with Crippen molar-refractivity contribution in [1.29, 1.82) is 0 Å². The van der Waals surface area contributed by atoms with Crippen molar-refractivity contribution in [2.75, 3.05) is 5.32 Å². The van der Waals surface area contributed by atoms with Gasteiger partial charge in [0.25, 0.3) is 5.91 Å². The maximum Gasteiger partial charge on any atom is 0.315 e. The van der Waals surface area contributed by atoms with Crippen molar-refractivity contribution in [2.24, 2.45) is 11.7 Å². The van der Waals surface area contributed by atoms with E-state index in [0.29, 0.717) is 0 Å². The molecular formula is C21H24N4O3. The summed E-state index contributed by atoms with van der Waals surface area (Å²) in [6.07, 6.45) is 3.17. The lowest BCUT2D eigenvalue weighted by molar-refractivity contribution is -0.149. The van der Waals surface area contributed by atoms with Gasteiger partial charge < -0.3 is 16.0 Å². The minimum atomic E-state index is -0.830. The lowest BCUT2D eigenvalue weighted by Crippen LogP contribution is -2.51. The third kappa shape index (κ3) is 3.88. The number of primary amides is 1. The summed E-state index contributed by atoms with van der Waals surface area (Å²) in [5.41, 5.74) is 6.38. The van der Waals surface area contributed by atoms with Crippen molar-refractivity contribution < 1.29 is 14.4 Å². The third-order valence-corrected chi connectivity index (χ3v) is 5.41. The van der Waals surface area contributed by atoms with Gasteiger partial charge in [0.15, 0.2) is 0 Å². The first-order valence-corrected chi connectivity index (χ1v) is 9.33. The van der Waals surface area contributed by atoms with Crippen LogP contribution in [-0.4, -0.2) is 33.6 Å². The molecule has 2 aromatic rings. The smallest absolute Gasteiger partial charge is 0.315 e. The van der Waals surface area contributed by atoms with E-state index in [2.05, 4.69) is 17.2 Å². The summed E-state index contributed by atoms with van der Waals surface area (Å²) in [6.45, 7) is 4.04. The first kappa shape index (κ1) is 19.5. The molecule has 3 rings (SSSR count). The largest absolute Gasteiger partial charge is 0.365 e. The summed E-state index contributed by atoms with van der Waals surface area (Å²) in [7, 11) is 0. The van der Waals surface area contributed by atoms with E-state index in [4.69, 9.17) is 5.73 Å². The maximum atomic E-state index is 13.1. The standard InChI is InChI=1S/C21H24N4O3/c1-13-10-11-17(15-7-4-3-5-8-15)25(14(13)2)21(28)20(27)24-19-16(18(22)26)9-6-12-23-19/h3-9,12-14,17H,10-11H2,1-2H3,(H2,22,26)(H,23,24,27)/t13-,14+,17+/m1/s1. The molecule has 0 radical (unpaired) electrons. The number of likely N-dealkylation sites (tertiary alicyclic amines) is 1. The number of amides is 3. The molecule has 3 atom stereocenters. The van der Waals surface area contributed by atoms with Crippen molar-refractivity contribution in [3.63, 3.8) is 0 Å². The highest BCUT2D eigenvalue weighted by molar-refractivity contribution is 6.39. The number of hydrogen-bond donors (Lipinski definition) is 2. The summed E-state index contributed by atoms with van der Waals surface area (Å²) < 4.78 is 0. The number of carbonyl (C=O) groups excluding carboxylic acids is 3. The molecule has 3 N–H and O–H groups in total. The van der Waals surface area contributed by atoms with Crippen LogP contribution in [0.2, 0.25) is 0 Å². The van der Waals surface area contributed by atoms with E-state index in [0.717, 1.165) is 18.4 Å². The molecular weight excluding hydrogens is 356 g/mol. The van der Waals surface area contributed by atoms with Crippen LogP contribution < -0.4 is 11.1 Å². The van der Waals surface area contributed by atoms with Gasteiger partial charge in [-0.15, -0.1) is 0 Å². The Kier molecular flexibility index (Phi) is 5.73. The van der Waals surface area contributed by atoms with Gasteiger partial charge in [0, 0.05) is 12.2 Å². The van der Waals surface area contributed by atoms with Crippen molar-refractivity contribution in [2.45, 2.75) is 38.8 Å². The second kappa shape index (κ2) is 8.21. The molecule has 2 heterocycles. The molecule has 28 heavy (non-hydrogen) atoms. The van der Waals surface area contributed by atoms with Crippen LogP contribution in [0.1, 0.15) is 48.7 Å². The van der Waals surface area contributed by atoms with E-state index >= 15 is 0 Å². The molecule has 0 unspecified atom stereocenters. The number of nitrogens with two attached hydrogens (primary N) is 1. The Labute approximate surface area is 163 Å². The molecule has 7 heteroatoms. The molecule has 3 amide bonds. The number of pyridine rings is 1. The van der Waals surface area contributed by atoms with Crippen molar-refractivity contribution in [3.05, 3.63) is 59.8 Å². The fraction of sp³-hybridized carbons (Fsp3) is 0.333. The average Bonchev–Trinajstić information content (AvgIpc) is 2.70. The van der Waals surface area contributed by atoms with E-state index in [1.165, 1.54) is 18.3 Å². The summed E-state index contributed by atoms with van der Waals surface area (Å²) in [4.78, 5) is 43.0. The van der Waals surface area contributed by atoms with Crippen LogP contribution in [0.4, 0.5) is 5.82 Å². The molecule has 1 fully saturated rings. The topological polar surface area (TPSA) is 105 Å². The molecule has 0 bridgehead atoms. The Hall–Kier alpha value is -3.22. The number of hydrogen-bond acceptors (Lipinski definition) is 4. The molecule has 146 valence electrons. The van der Waals surface area contributed by atoms with Crippen molar-refractivity contribution in [1.82, 2.24) is 9.88 Å². The minimum Gasteiger partial charge on any atom is -0.365 e. The minimum absolute atomic E-state index is 0.0117. The molecule has 1 aromatic heterocycles. The quantitative estimate of drug-likeness (QED) is 0.798. The number of aromatic nitrogens is 1. The lowest BCUT2D eigenvalue weighted by atomic mass is 9.84. The van der Waals surface area contributed by atoms with Gasteiger partial charge in [-0.3, -0.25) is 14.4 Å². The van der Waals surface area contributed by atoms with Crippen molar-refractivity contribution >= 4 is 23.5 Å². The zero-order chi connectivity index (χ0) is 20.3. The monoisotopic (exact) mass is 380 g/mol. The van der Waals surface area contributed by atoms with Gasteiger partial charge in [0.1, 0.15) is 5.82 Å². The zero-order valence-corrected chi connectivity index (χ0v) is 16.0. The molecule has 0 spiro atoms. The van der Waals surface area contributed by atoms with Crippen LogP contribution in [-0.2, 0) is 9.59 Å². The molecule has 0 aliphatic carbocycles. The SMILES string of the molecule is C[C@@H]1CC[C@@H](c2ccccc2)N(C(=O)C(=O)Nc2ncccc2C(N)=O)[C@H]1C. The lowest BCUT2D eigenvalue weighted by Gasteiger charge is -2.44. The summed E-state index contributed by atoms with van der Waals surface area (Å²) in [5, 5.41) is 2.45. The highest BCUT2D eigenvalue weighted by atomic mass is 16.2. The first-order valence-electron chi connectivity index (χ1n) is 9.33. The first-order chi connectivity index (χ1) is 13.4. The number of benzene rings is 1. The Morgan fingerprint density at radius 3 is 2.46 bits per heavy atom. The van der Waals surface area contributed by atoms with Crippen LogP contribution in [0.25, 0.3) is 0 Å². The Morgan fingerprint density at radius 1 is 1.07 bits per heavy atom. The number of nitrogens with one attached hydrogen (secondary N) is 1. The van der Waals surface area contributed by atoms with Gasteiger partial charge in [-0.05, 0) is 43.4 Å². The number of anilines is 1. The van der Waals surface area contributed by atoms with Gasteiger partial charge in [0.2, 0.25) is 0 Å². The Balaban J connectivity index is 1.87. The number of piperidine rings is 1. The highest BCUT2D eigenvalue weighted by Crippen LogP contribution is 2.37.